The highest BCUT2D eigenvalue weighted by Gasteiger charge is 2.12. The summed E-state index contributed by atoms with van der Waals surface area (Å²) in [5.41, 5.74) is 4.12. The van der Waals surface area contributed by atoms with E-state index < -0.39 is 0 Å². The lowest BCUT2D eigenvalue weighted by molar-refractivity contribution is 0.586. The van der Waals surface area contributed by atoms with Crippen molar-refractivity contribution in [2.75, 3.05) is 0 Å². The molecule has 0 saturated heterocycles. The summed E-state index contributed by atoms with van der Waals surface area (Å²) in [5, 5.41) is 11.5. The lowest BCUT2D eigenvalue weighted by Crippen LogP contribution is -1.91. The highest BCUT2D eigenvalue weighted by molar-refractivity contribution is 6.08. The molecular formula is C21H16FN3. The van der Waals surface area contributed by atoms with Crippen LogP contribution in [0.2, 0.25) is 0 Å². The second-order valence-electron chi connectivity index (χ2n) is 6.15. The number of hydrogen-bond acceptors (Lipinski definition) is 2. The van der Waals surface area contributed by atoms with Crippen LogP contribution >= 0.6 is 0 Å². The van der Waals surface area contributed by atoms with Crippen LogP contribution in [0.3, 0.4) is 0 Å². The molecule has 0 N–H and O–H groups in total. The number of aryl methyl sites for hydroxylation is 1. The van der Waals surface area contributed by atoms with Crippen molar-refractivity contribution in [3.8, 4) is 6.07 Å². The quantitative estimate of drug-likeness (QED) is 0.615. The van der Waals surface area contributed by atoms with Crippen LogP contribution in [-0.4, -0.2) is 9.55 Å². The number of rotatable bonds is 1. The molecule has 2 aromatic heterocycles. The van der Waals surface area contributed by atoms with E-state index >= 15 is 0 Å². The Morgan fingerprint density at radius 3 is 2.92 bits per heavy atom. The Balaban J connectivity index is 1.94. The monoisotopic (exact) mass is 329 g/mol. The second-order valence-corrected chi connectivity index (χ2v) is 6.15. The highest BCUT2D eigenvalue weighted by Crippen LogP contribution is 2.31. The third kappa shape index (κ3) is 2.54. The van der Waals surface area contributed by atoms with E-state index in [4.69, 9.17) is 0 Å². The topological polar surface area (TPSA) is 41.6 Å². The Bertz CT molecular complexity index is 1120. The maximum Gasteiger partial charge on any atom is 0.118 e. The number of benzene rings is 1. The van der Waals surface area contributed by atoms with E-state index in [1.807, 2.05) is 43.6 Å². The minimum atomic E-state index is -0.346. The fourth-order valence-electron chi connectivity index (χ4n) is 3.34. The Labute approximate surface area is 145 Å². The van der Waals surface area contributed by atoms with Gasteiger partial charge in [-0.3, -0.25) is 4.98 Å². The van der Waals surface area contributed by atoms with E-state index in [1.165, 1.54) is 0 Å². The van der Waals surface area contributed by atoms with Crippen LogP contribution < -0.4 is 0 Å². The van der Waals surface area contributed by atoms with Gasteiger partial charge in [-0.2, -0.15) is 5.26 Å². The van der Waals surface area contributed by atoms with Gasteiger partial charge in [0.1, 0.15) is 11.9 Å². The van der Waals surface area contributed by atoms with Crippen molar-refractivity contribution >= 4 is 27.4 Å². The first-order valence-corrected chi connectivity index (χ1v) is 8.18. The minimum Gasteiger partial charge on any atom is -0.343 e. The molecule has 1 aromatic carbocycles. The number of pyridine rings is 1. The zero-order valence-electron chi connectivity index (χ0n) is 13.8. The van der Waals surface area contributed by atoms with Gasteiger partial charge in [-0.15, -0.1) is 0 Å². The molecule has 0 aliphatic heterocycles. The summed E-state index contributed by atoms with van der Waals surface area (Å²) in [5.74, 6) is -0.346. The number of hydrogen-bond donors (Lipinski definition) is 0. The van der Waals surface area contributed by atoms with Crippen molar-refractivity contribution in [2.24, 2.45) is 7.05 Å². The van der Waals surface area contributed by atoms with Crippen molar-refractivity contribution < 1.29 is 4.39 Å². The van der Waals surface area contributed by atoms with Gasteiger partial charge in [0.05, 0.1) is 11.1 Å². The van der Waals surface area contributed by atoms with E-state index in [0.29, 0.717) is 6.42 Å². The maximum atomic E-state index is 14.0. The zero-order chi connectivity index (χ0) is 17.4. The fraction of sp³-hybridized carbons (Fsp3) is 0.143. The van der Waals surface area contributed by atoms with Gasteiger partial charge in [0.15, 0.2) is 0 Å². The van der Waals surface area contributed by atoms with E-state index in [1.54, 1.807) is 12.3 Å². The van der Waals surface area contributed by atoms with Crippen molar-refractivity contribution in [3.05, 3.63) is 71.9 Å². The highest BCUT2D eigenvalue weighted by atomic mass is 19.1. The summed E-state index contributed by atoms with van der Waals surface area (Å²) in [6.45, 7) is 0. The van der Waals surface area contributed by atoms with Crippen LogP contribution in [0.5, 0.6) is 0 Å². The summed E-state index contributed by atoms with van der Waals surface area (Å²) >= 11 is 0. The molecule has 0 spiro atoms. The average Bonchev–Trinajstić information content (AvgIpc) is 2.92. The molecule has 0 unspecified atom stereocenters. The molecule has 1 aliphatic carbocycles. The summed E-state index contributed by atoms with van der Waals surface area (Å²) < 4.78 is 16.1. The predicted molar refractivity (Wildman–Crippen MR) is 98.3 cm³/mol. The molecule has 0 bridgehead atoms. The van der Waals surface area contributed by atoms with Crippen LogP contribution in [-0.2, 0) is 7.05 Å². The van der Waals surface area contributed by atoms with Gasteiger partial charge in [0.25, 0.3) is 0 Å². The number of fused-ring (bicyclic) bond motifs is 3. The van der Waals surface area contributed by atoms with E-state index in [0.717, 1.165) is 32.9 Å². The van der Waals surface area contributed by atoms with Gasteiger partial charge >= 0.3 is 0 Å². The number of nitriles is 1. The van der Waals surface area contributed by atoms with Gasteiger partial charge in [-0.25, -0.2) is 4.39 Å². The Kier molecular flexibility index (Phi) is 3.70. The van der Waals surface area contributed by atoms with Crippen LogP contribution in [0.25, 0.3) is 27.4 Å². The van der Waals surface area contributed by atoms with Gasteiger partial charge in [-0.1, -0.05) is 24.3 Å². The molecular weight excluding hydrogens is 313 g/mol. The zero-order valence-corrected chi connectivity index (χ0v) is 13.8. The molecule has 0 radical (unpaired) electrons. The van der Waals surface area contributed by atoms with E-state index in [2.05, 4.69) is 21.7 Å². The van der Waals surface area contributed by atoms with Crippen LogP contribution in [0.15, 0.2) is 66.3 Å². The third-order valence-electron chi connectivity index (χ3n) is 4.68. The van der Waals surface area contributed by atoms with Crippen LogP contribution in [0.1, 0.15) is 18.4 Å². The number of allylic oxidation sites excluding steroid dienone is 6. The van der Waals surface area contributed by atoms with Crippen LogP contribution in [0, 0.1) is 11.3 Å². The molecule has 0 amide bonds. The molecule has 0 saturated carbocycles. The maximum absolute atomic E-state index is 14.0. The Morgan fingerprint density at radius 2 is 2.08 bits per heavy atom. The predicted octanol–water partition coefficient (Wildman–Crippen LogP) is 5.21. The van der Waals surface area contributed by atoms with Gasteiger partial charge in [0, 0.05) is 42.2 Å². The van der Waals surface area contributed by atoms with Crippen molar-refractivity contribution in [3.63, 3.8) is 0 Å². The molecule has 3 nitrogen and oxygen atoms in total. The van der Waals surface area contributed by atoms with Crippen LogP contribution in [0.4, 0.5) is 4.39 Å². The molecule has 4 heteroatoms. The molecule has 25 heavy (non-hydrogen) atoms. The molecule has 2 heterocycles. The van der Waals surface area contributed by atoms with Crippen molar-refractivity contribution in [1.29, 1.82) is 5.26 Å². The fourth-order valence-corrected chi connectivity index (χ4v) is 3.34. The van der Waals surface area contributed by atoms with E-state index in [-0.39, 0.29) is 17.8 Å². The minimum absolute atomic E-state index is 0.112. The number of aromatic nitrogens is 2. The second kappa shape index (κ2) is 6.03. The number of halogens is 1. The number of nitrogens with zero attached hydrogens (tertiary/aromatic N) is 3. The third-order valence-corrected chi connectivity index (χ3v) is 4.68. The molecule has 4 rings (SSSR count). The summed E-state index contributed by atoms with van der Waals surface area (Å²) in [6, 6.07) is 10.1. The summed E-state index contributed by atoms with van der Waals surface area (Å²) in [7, 11) is 2.02. The van der Waals surface area contributed by atoms with E-state index in [9.17, 15) is 9.65 Å². The average molecular weight is 329 g/mol. The lowest BCUT2D eigenvalue weighted by Gasteiger charge is -2.08. The van der Waals surface area contributed by atoms with Gasteiger partial charge in [0.2, 0.25) is 0 Å². The van der Waals surface area contributed by atoms with Crippen molar-refractivity contribution in [1.82, 2.24) is 9.55 Å². The molecule has 1 aliphatic rings. The Hall–Kier alpha value is -3.19. The first kappa shape index (κ1) is 15.3. The summed E-state index contributed by atoms with van der Waals surface area (Å²) in [4.78, 5) is 4.22. The standard InChI is InChI=1S/C21H16FN3/c1-25-20-8-9-24-13-18(20)17-7-6-15(11-21(17)25)14-4-2-3-5-19(22)16(10-14)12-23/h2,4,6-11,13H,3,5H2,1H3. The van der Waals surface area contributed by atoms with Crippen molar-refractivity contribution in [2.45, 2.75) is 12.8 Å². The normalized spacial score (nSPS) is 15.2. The SMILES string of the molecule is Cn1c2ccncc2c2ccc(C3=CC(C#N)=C(F)CCC=C3)cc21. The first-order chi connectivity index (χ1) is 12.2. The van der Waals surface area contributed by atoms with Gasteiger partial charge < -0.3 is 4.57 Å². The lowest BCUT2D eigenvalue weighted by atomic mass is 9.98. The van der Waals surface area contributed by atoms with Gasteiger partial charge in [-0.05, 0) is 35.8 Å². The summed E-state index contributed by atoms with van der Waals surface area (Å²) in [6.07, 6.45) is 10.1. The molecule has 122 valence electrons. The molecule has 0 fully saturated rings. The molecule has 3 aromatic rings. The smallest absolute Gasteiger partial charge is 0.118 e. The molecule has 0 atom stereocenters. The Morgan fingerprint density at radius 1 is 1.20 bits per heavy atom. The first-order valence-electron chi connectivity index (χ1n) is 8.18. The largest absolute Gasteiger partial charge is 0.343 e.